The zero-order chi connectivity index (χ0) is 24.9. The number of thiophene rings is 1. The smallest absolute Gasteiger partial charge is 0.261 e. The molecular weight excluding hydrogens is 480 g/mol. The van der Waals surface area contributed by atoms with Gasteiger partial charge in [0.1, 0.15) is 12.6 Å². The molecule has 1 fully saturated rings. The van der Waals surface area contributed by atoms with E-state index in [9.17, 15) is 19.2 Å². The fourth-order valence-corrected chi connectivity index (χ4v) is 4.01. The van der Waals surface area contributed by atoms with Gasteiger partial charge in [-0.3, -0.25) is 19.2 Å². The molecule has 4 amide bonds. The van der Waals surface area contributed by atoms with E-state index in [2.05, 4.69) is 16.0 Å². The molecule has 34 heavy (non-hydrogen) atoms. The quantitative estimate of drug-likeness (QED) is 0.533. The van der Waals surface area contributed by atoms with Gasteiger partial charge < -0.3 is 25.6 Å². The van der Waals surface area contributed by atoms with Crippen molar-refractivity contribution in [3.05, 3.63) is 45.6 Å². The van der Waals surface area contributed by atoms with Gasteiger partial charge in [-0.2, -0.15) is 0 Å². The topological polar surface area (TPSA) is 117 Å². The summed E-state index contributed by atoms with van der Waals surface area (Å²) in [4.78, 5) is 52.0. The average molecular weight is 507 g/mol. The number of nitrogens with one attached hydrogen (secondary N) is 3. The lowest BCUT2D eigenvalue weighted by Gasteiger charge is -2.27. The number of ether oxygens (including phenoxy) is 1. The van der Waals surface area contributed by atoms with E-state index in [4.69, 9.17) is 16.3 Å². The first-order valence-electron chi connectivity index (χ1n) is 10.7. The van der Waals surface area contributed by atoms with E-state index in [1.807, 2.05) is 0 Å². The Balaban J connectivity index is 1.67. The third-order valence-electron chi connectivity index (χ3n) is 5.00. The van der Waals surface area contributed by atoms with Crippen LogP contribution in [-0.4, -0.2) is 56.0 Å². The molecule has 0 spiro atoms. The molecule has 1 aromatic carbocycles. The average Bonchev–Trinajstić information content (AvgIpc) is 3.23. The third kappa shape index (κ3) is 6.78. The molecule has 182 valence electrons. The summed E-state index contributed by atoms with van der Waals surface area (Å²) in [5.41, 5.74) is 0.461. The van der Waals surface area contributed by atoms with Crippen LogP contribution in [0.25, 0.3) is 0 Å². The van der Waals surface area contributed by atoms with E-state index >= 15 is 0 Å². The van der Waals surface area contributed by atoms with Gasteiger partial charge in [0.25, 0.3) is 11.8 Å². The highest BCUT2D eigenvalue weighted by Gasteiger charge is 2.28. The molecule has 1 aliphatic heterocycles. The number of anilines is 2. The van der Waals surface area contributed by atoms with Crippen LogP contribution in [0.5, 0.6) is 0 Å². The standard InChI is InChI=1S/C23H27ClN4O5S/c1-23(2,3)22(32)27-16(12-25-21(31)17-8-9-18(24)34-17)20(30)26-14-4-6-15(7-5-14)28-10-11-33-13-19(28)29/h4-9,16H,10-13H2,1-3H3,(H,25,31)(H,26,30)(H,27,32)/t16-/m1/s1. The maximum Gasteiger partial charge on any atom is 0.261 e. The second kappa shape index (κ2) is 11.0. The van der Waals surface area contributed by atoms with Crippen molar-refractivity contribution in [3.8, 4) is 0 Å². The third-order valence-corrected chi connectivity index (χ3v) is 6.23. The fourth-order valence-electron chi connectivity index (χ4n) is 3.05. The van der Waals surface area contributed by atoms with Crippen molar-refractivity contribution >= 4 is 57.9 Å². The van der Waals surface area contributed by atoms with E-state index in [-0.39, 0.29) is 30.9 Å². The van der Waals surface area contributed by atoms with Crippen LogP contribution < -0.4 is 20.9 Å². The SMILES string of the molecule is CC(C)(C)C(=O)N[C@H](CNC(=O)c1ccc(Cl)s1)C(=O)Nc1ccc(N2CCOCC2=O)cc1. The number of amides is 4. The van der Waals surface area contributed by atoms with Crippen molar-refractivity contribution in [2.75, 3.05) is 36.5 Å². The van der Waals surface area contributed by atoms with E-state index in [0.29, 0.717) is 33.7 Å². The van der Waals surface area contributed by atoms with Gasteiger partial charge in [-0.05, 0) is 36.4 Å². The van der Waals surface area contributed by atoms with Crippen LogP contribution in [-0.2, 0) is 19.1 Å². The Kier molecular flexibility index (Phi) is 8.29. The van der Waals surface area contributed by atoms with Crippen molar-refractivity contribution in [2.45, 2.75) is 26.8 Å². The Morgan fingerprint density at radius 2 is 1.85 bits per heavy atom. The van der Waals surface area contributed by atoms with Crippen LogP contribution in [0, 0.1) is 5.41 Å². The molecule has 0 radical (unpaired) electrons. The van der Waals surface area contributed by atoms with Crippen LogP contribution in [0.15, 0.2) is 36.4 Å². The second-order valence-corrected chi connectivity index (χ2v) is 10.4. The van der Waals surface area contributed by atoms with E-state index in [1.54, 1.807) is 62.1 Å². The highest BCUT2D eigenvalue weighted by atomic mass is 35.5. The molecule has 0 bridgehead atoms. The number of morpholine rings is 1. The first-order chi connectivity index (χ1) is 16.0. The number of rotatable bonds is 7. The lowest BCUT2D eigenvalue weighted by atomic mass is 9.95. The molecule has 11 heteroatoms. The normalized spacial score (nSPS) is 14.9. The first-order valence-corrected chi connectivity index (χ1v) is 11.9. The van der Waals surface area contributed by atoms with Crippen LogP contribution in [0.2, 0.25) is 4.34 Å². The van der Waals surface area contributed by atoms with E-state index in [0.717, 1.165) is 11.3 Å². The number of hydrogen-bond donors (Lipinski definition) is 3. The van der Waals surface area contributed by atoms with Crippen molar-refractivity contribution in [2.24, 2.45) is 5.41 Å². The molecule has 9 nitrogen and oxygen atoms in total. The molecule has 0 aliphatic carbocycles. The Hall–Kier alpha value is -2.95. The molecule has 2 heterocycles. The minimum atomic E-state index is -1.01. The van der Waals surface area contributed by atoms with Gasteiger partial charge in [0, 0.05) is 29.9 Å². The molecular formula is C23H27ClN4O5S. The van der Waals surface area contributed by atoms with Gasteiger partial charge in [-0.15, -0.1) is 11.3 Å². The Morgan fingerprint density at radius 1 is 1.15 bits per heavy atom. The highest BCUT2D eigenvalue weighted by molar-refractivity contribution is 7.18. The number of hydrogen-bond acceptors (Lipinski definition) is 6. The number of nitrogens with zero attached hydrogens (tertiary/aromatic N) is 1. The van der Waals surface area contributed by atoms with Crippen LogP contribution >= 0.6 is 22.9 Å². The maximum atomic E-state index is 13.0. The van der Waals surface area contributed by atoms with Gasteiger partial charge in [-0.1, -0.05) is 32.4 Å². The predicted molar refractivity (Wildman–Crippen MR) is 131 cm³/mol. The number of benzene rings is 1. The van der Waals surface area contributed by atoms with Gasteiger partial charge in [0.2, 0.25) is 11.8 Å². The summed E-state index contributed by atoms with van der Waals surface area (Å²) in [6.07, 6.45) is 0. The van der Waals surface area contributed by atoms with Crippen molar-refractivity contribution in [1.29, 1.82) is 0 Å². The summed E-state index contributed by atoms with van der Waals surface area (Å²) >= 11 is 7.00. The lowest BCUT2D eigenvalue weighted by Crippen LogP contribution is -2.53. The van der Waals surface area contributed by atoms with Gasteiger partial charge in [0.15, 0.2) is 0 Å². The summed E-state index contributed by atoms with van der Waals surface area (Å²) < 4.78 is 5.62. The molecule has 1 atom stereocenters. The van der Waals surface area contributed by atoms with Crippen molar-refractivity contribution in [3.63, 3.8) is 0 Å². The summed E-state index contributed by atoms with van der Waals surface area (Å²) in [5.74, 6) is -1.34. The van der Waals surface area contributed by atoms with Gasteiger partial charge in [0.05, 0.1) is 15.8 Å². The minimum absolute atomic E-state index is 0.0387. The number of halogens is 1. The van der Waals surface area contributed by atoms with Gasteiger partial charge in [-0.25, -0.2) is 0 Å². The zero-order valence-electron chi connectivity index (χ0n) is 19.1. The number of carbonyl (C=O) groups excluding carboxylic acids is 4. The molecule has 1 aliphatic rings. The Bertz CT molecular complexity index is 1060. The molecule has 3 N–H and O–H groups in total. The van der Waals surface area contributed by atoms with E-state index in [1.165, 1.54) is 0 Å². The summed E-state index contributed by atoms with van der Waals surface area (Å²) in [7, 11) is 0. The Morgan fingerprint density at radius 3 is 2.44 bits per heavy atom. The maximum absolute atomic E-state index is 13.0. The van der Waals surface area contributed by atoms with Crippen LogP contribution in [0.3, 0.4) is 0 Å². The second-order valence-electron chi connectivity index (χ2n) is 8.72. The minimum Gasteiger partial charge on any atom is -0.370 e. The lowest BCUT2D eigenvalue weighted by molar-refractivity contribution is -0.132. The summed E-state index contributed by atoms with van der Waals surface area (Å²) in [5, 5.41) is 8.13. The predicted octanol–water partition coefficient (Wildman–Crippen LogP) is 2.66. The Labute approximate surface area is 206 Å². The molecule has 0 unspecified atom stereocenters. The zero-order valence-corrected chi connectivity index (χ0v) is 20.7. The van der Waals surface area contributed by atoms with Crippen molar-refractivity contribution in [1.82, 2.24) is 10.6 Å². The summed E-state index contributed by atoms with van der Waals surface area (Å²) in [6.45, 7) is 6.04. The summed E-state index contributed by atoms with van der Waals surface area (Å²) in [6, 6.07) is 8.99. The molecule has 1 aromatic heterocycles. The highest BCUT2D eigenvalue weighted by Crippen LogP contribution is 2.22. The monoisotopic (exact) mass is 506 g/mol. The number of carbonyl (C=O) groups is 4. The molecule has 0 saturated carbocycles. The van der Waals surface area contributed by atoms with Crippen LogP contribution in [0.4, 0.5) is 11.4 Å². The molecule has 3 rings (SSSR count). The van der Waals surface area contributed by atoms with Crippen molar-refractivity contribution < 1.29 is 23.9 Å². The van der Waals surface area contributed by atoms with E-state index < -0.39 is 17.4 Å². The molecule has 1 saturated heterocycles. The van der Waals surface area contributed by atoms with Crippen LogP contribution in [0.1, 0.15) is 30.4 Å². The largest absolute Gasteiger partial charge is 0.370 e. The molecule has 2 aromatic rings. The fraction of sp³-hybridized carbons (Fsp3) is 0.391. The first kappa shape index (κ1) is 25.7. The van der Waals surface area contributed by atoms with Gasteiger partial charge >= 0.3 is 0 Å².